The molecule has 11 aromatic rings. The lowest BCUT2D eigenvalue weighted by Crippen LogP contribution is -2.46. The van der Waals surface area contributed by atoms with Gasteiger partial charge in [0.25, 0.3) is 11.1 Å². The zero-order valence-electron chi connectivity index (χ0n) is 95.6. The Bertz CT molecular complexity index is 6030. The fourth-order valence-electron chi connectivity index (χ4n) is 21.1. The highest BCUT2D eigenvalue weighted by atomic mass is 19.1. The molecule has 0 spiro atoms. The molecule has 2 amide bonds. The number of methoxy groups -OCH3 is 1. The maximum absolute atomic E-state index is 13.1. The van der Waals surface area contributed by atoms with Gasteiger partial charge in [-0.15, -0.1) is 0 Å². The summed E-state index contributed by atoms with van der Waals surface area (Å²) in [4.78, 5) is 62.7. The fraction of sp³-hybridized carbons (Fsp3) is 0.538. The molecule has 0 atom stereocenters. The van der Waals surface area contributed by atoms with Crippen LogP contribution in [-0.4, -0.2) is 80.3 Å². The molecule has 3 heterocycles. The third kappa shape index (κ3) is 41.9. The second-order valence-electron chi connectivity index (χ2n) is 46.3. The number of unbranched alkanes of at least 4 members (excludes halogenated alkanes) is 8. The molecular formula is C132H182F3N5O10. The number of carbonyl (C=O) groups excluding carboxylic acids is 3. The summed E-state index contributed by atoms with van der Waals surface area (Å²) in [6.07, 6.45) is 30.4. The highest BCUT2D eigenvalue weighted by Crippen LogP contribution is 2.62. The van der Waals surface area contributed by atoms with Crippen LogP contribution >= 0.6 is 0 Å². The molecule has 1 aliphatic heterocycles. The molecule has 9 aromatic carbocycles. The molecule has 5 aliphatic rings. The van der Waals surface area contributed by atoms with E-state index in [0.717, 1.165) is 163 Å². The van der Waals surface area contributed by atoms with E-state index >= 15 is 0 Å². The first-order chi connectivity index (χ1) is 71.4. The van der Waals surface area contributed by atoms with Crippen molar-refractivity contribution in [3.05, 3.63) is 269 Å². The maximum Gasteiger partial charge on any atom is 0.338 e. The van der Waals surface area contributed by atoms with Crippen molar-refractivity contribution in [2.75, 3.05) is 58.3 Å². The molecule has 0 unspecified atom stereocenters. The molecular weight excluding hydrogens is 1870 g/mol. The molecule has 816 valence electrons. The van der Waals surface area contributed by atoms with Crippen LogP contribution < -0.4 is 31.5 Å². The van der Waals surface area contributed by atoms with Crippen LogP contribution in [-0.2, 0) is 48.0 Å². The normalized spacial score (nSPS) is 15.7. The predicted molar refractivity (Wildman–Crippen MR) is 619 cm³/mol. The van der Waals surface area contributed by atoms with Crippen LogP contribution in [0.25, 0.3) is 56.2 Å². The number of ether oxygens (including phenoxy) is 5. The van der Waals surface area contributed by atoms with Gasteiger partial charge in [0, 0.05) is 94.3 Å². The van der Waals surface area contributed by atoms with Gasteiger partial charge in [-0.25, -0.2) is 18.0 Å². The summed E-state index contributed by atoms with van der Waals surface area (Å²) >= 11 is 0. The number of benzene rings is 9. The first-order valence-corrected chi connectivity index (χ1v) is 56.1. The lowest BCUT2D eigenvalue weighted by Gasteiger charge is -2.57. The van der Waals surface area contributed by atoms with E-state index in [2.05, 4.69) is 160 Å². The van der Waals surface area contributed by atoms with Gasteiger partial charge in [-0.05, 0) is 279 Å². The van der Waals surface area contributed by atoms with Crippen LogP contribution in [0, 0.1) is 111 Å². The van der Waals surface area contributed by atoms with Gasteiger partial charge >= 0.3 is 5.97 Å². The Balaban J connectivity index is 0.000000231. The number of aromatic nitrogens is 2. The molecule has 15 nitrogen and oxygen atoms in total. The molecule has 18 heteroatoms. The third-order valence-corrected chi connectivity index (χ3v) is 28.5. The average Bonchev–Trinajstić information content (AvgIpc) is 0.755. The van der Waals surface area contributed by atoms with E-state index in [4.69, 9.17) is 34.2 Å². The molecule has 0 radical (unpaired) electrons. The molecule has 4 aliphatic carbocycles. The van der Waals surface area contributed by atoms with Crippen molar-refractivity contribution >= 4 is 79.7 Å². The fourth-order valence-corrected chi connectivity index (χ4v) is 21.1. The number of carbonyl (C=O) groups is 3. The number of hydrogen-bond donors (Lipinski definition) is 0. The number of amides is 2. The van der Waals surface area contributed by atoms with Crippen molar-refractivity contribution in [3.63, 3.8) is 0 Å². The molecule has 4 saturated carbocycles. The van der Waals surface area contributed by atoms with Gasteiger partial charge in [0.2, 0.25) is 11.8 Å². The molecule has 1 saturated heterocycles. The largest absolute Gasteiger partial charge is 0.493 e. The number of anilines is 1. The van der Waals surface area contributed by atoms with Crippen molar-refractivity contribution < 1.29 is 51.2 Å². The smallest absolute Gasteiger partial charge is 0.338 e. The summed E-state index contributed by atoms with van der Waals surface area (Å²) in [5, 5.41) is 27.3. The number of hydrogen-bond acceptors (Lipinski definition) is 12. The Labute approximate surface area is 898 Å². The van der Waals surface area contributed by atoms with E-state index in [-0.39, 0.29) is 51.6 Å². The minimum Gasteiger partial charge on any atom is -0.493 e. The van der Waals surface area contributed by atoms with Crippen LogP contribution in [0.15, 0.2) is 186 Å². The van der Waals surface area contributed by atoms with Gasteiger partial charge in [-0.2, -0.15) is 10.5 Å². The Hall–Kier alpha value is -11.0. The van der Waals surface area contributed by atoms with Crippen molar-refractivity contribution in [1.82, 2.24) is 9.13 Å². The second-order valence-corrected chi connectivity index (χ2v) is 46.3. The zero-order chi connectivity index (χ0) is 110. The first kappa shape index (κ1) is 126. The minimum absolute atomic E-state index is 0.0986. The second kappa shape index (κ2) is 64.7. The topological polar surface area (TPSA) is 192 Å². The van der Waals surface area contributed by atoms with E-state index in [1.807, 2.05) is 153 Å². The van der Waals surface area contributed by atoms with Crippen LogP contribution in [0.5, 0.6) is 5.75 Å². The Morgan fingerprint density at radius 3 is 1.28 bits per heavy atom. The van der Waals surface area contributed by atoms with Crippen molar-refractivity contribution in [1.29, 1.82) is 10.5 Å². The monoisotopic (exact) mass is 2050 g/mol. The number of pyridine rings is 2. The lowest BCUT2D eigenvalue weighted by atomic mass is 9.48. The highest BCUT2D eigenvalue weighted by molar-refractivity contribution is 6.17. The molecule has 16 rings (SSSR count). The van der Waals surface area contributed by atoms with E-state index in [1.54, 1.807) is 64.7 Å². The third-order valence-electron chi connectivity index (χ3n) is 28.5. The number of nitriles is 2. The number of aryl methyl sites for hydroxylation is 1. The minimum atomic E-state index is -0.441. The number of esters is 1. The van der Waals surface area contributed by atoms with Crippen LogP contribution in [0.1, 0.15) is 367 Å². The summed E-state index contributed by atoms with van der Waals surface area (Å²) in [6, 6.07) is 57.8. The maximum atomic E-state index is 13.1. The van der Waals surface area contributed by atoms with Gasteiger partial charge in [-0.1, -0.05) is 319 Å². The average molecular weight is 2060 g/mol. The summed E-state index contributed by atoms with van der Waals surface area (Å²) in [6.45, 7) is 61.4. The number of piperidine rings is 1. The number of imide groups is 1. The number of nitrogens with zero attached hydrogens (tertiary/aromatic N) is 5. The quantitative estimate of drug-likeness (QED) is 0.0201. The van der Waals surface area contributed by atoms with Gasteiger partial charge in [-0.3, -0.25) is 24.1 Å². The van der Waals surface area contributed by atoms with E-state index in [1.165, 1.54) is 123 Å². The van der Waals surface area contributed by atoms with E-state index in [0.29, 0.717) is 105 Å². The van der Waals surface area contributed by atoms with Crippen molar-refractivity contribution in [2.45, 2.75) is 344 Å². The summed E-state index contributed by atoms with van der Waals surface area (Å²) in [5.74, 6) is 8.10. The van der Waals surface area contributed by atoms with Gasteiger partial charge < -0.3 is 32.8 Å². The molecule has 0 N–H and O–H groups in total. The number of rotatable bonds is 40. The zero-order valence-corrected chi connectivity index (χ0v) is 95.6. The number of halogens is 3. The highest BCUT2D eigenvalue weighted by Gasteiger charge is 2.51. The SMILES string of the molecule is C=c1c2cccc3cccc(c(=O)n1CCCCCC(C)C)c32.C=c1c2cccc3cccc(c(=O)n1CCCCCCC(C)C)c32.CC(C)CC12CC3CC(CC(C3)C1)C2.CC(C)Cc1c(F)cccc1F.CC(C)c1ccc(C#N)c(C#N)c1.CC(C)c1ccc(N2C(=O)CC(C)(C)CC2=O)cc1.CCOC(=O)c1ccc(C(C)C)cc1.COCCOCCOCCC(C)C.Cc1cc(F)cc(OCCCCCCC(C)C)c1. The Morgan fingerprint density at radius 1 is 0.447 bits per heavy atom. The summed E-state index contributed by atoms with van der Waals surface area (Å²) in [7, 11) is 1.67. The van der Waals surface area contributed by atoms with E-state index < -0.39 is 11.6 Å². The lowest BCUT2D eigenvalue weighted by molar-refractivity contribution is -0.132. The van der Waals surface area contributed by atoms with Crippen molar-refractivity contribution in [3.8, 4) is 17.9 Å². The standard InChI is InChI=1S/C22H27NO.C21H25NO.C16H25FO.C16H21NO2.C14H24.C12H16O2.C11H10N2.C10H12F2.C10H22O3/c1-16(2)10-6-4-5-7-15-23-17(3)19-13-8-11-18-12-9-14-20(21(18)19)22(23)24;1-15(2)9-5-4-6-14-22-16(3)18-12-7-10-17-11-8-13-19(20(17)18)21(22)23;1-13(2)8-6-4-5-7-9-18-16-11-14(3)10-15(17)12-16;1-11(2)12-5-7-13(8-6-12)17-14(18)9-16(3,4)10-15(17)19;1-10(2)6-14-7-11-3-12(8-14)5-13(4-11)9-14;1-4-14-12(13)11-7-5-10(6-8-11)9(2)3;1-8(2)9-3-4-10(6-12)11(5-9)7-13;1-7(2)6-8-9(11)4-3-5-10(8)12;1-10(2)4-5-12-8-9-13-7-6-11-3/h8-9,11-14,16H,3-7,10,15H2,1-2H3;7-8,10-13,15H,3-6,9,14H2,1-2H3;10-13H,4-9H2,1-3H3;5-8,11H,9-10H2,1-4H3;10-13H,3-9H2,1-2H3;5-9H,4H2,1-3H3;3-5,8H,1-2H3;3-5,7H,6H2,1-2H3;10H,4-9H2,1-3H3. The van der Waals surface area contributed by atoms with Gasteiger partial charge in [0.05, 0.1) is 62.0 Å². The van der Waals surface area contributed by atoms with Crippen LogP contribution in [0.4, 0.5) is 18.9 Å². The Morgan fingerprint density at radius 2 is 0.860 bits per heavy atom. The van der Waals surface area contributed by atoms with Crippen LogP contribution in [0.3, 0.4) is 0 Å². The first-order valence-electron chi connectivity index (χ1n) is 56.1. The molecule has 5 fully saturated rings. The van der Waals surface area contributed by atoms with E-state index in [9.17, 15) is 37.1 Å². The van der Waals surface area contributed by atoms with Gasteiger partial charge in [0.15, 0.2) is 0 Å². The van der Waals surface area contributed by atoms with Gasteiger partial charge in [0.1, 0.15) is 35.3 Å². The van der Waals surface area contributed by atoms with Crippen molar-refractivity contribution in [2.24, 2.45) is 64.1 Å². The van der Waals surface area contributed by atoms with Crippen LogP contribution in [0.2, 0.25) is 0 Å². The molecule has 4 bridgehead atoms. The Kier molecular flexibility index (Phi) is 54.3. The molecule has 2 aromatic heterocycles. The summed E-state index contributed by atoms with van der Waals surface area (Å²) in [5.41, 5.74) is 7.68. The molecule has 150 heavy (non-hydrogen) atoms. The predicted octanol–water partition coefficient (Wildman–Crippen LogP) is 32.7. The summed E-state index contributed by atoms with van der Waals surface area (Å²) < 4.78 is 68.7.